The van der Waals surface area contributed by atoms with E-state index in [1.807, 2.05) is 42.5 Å². The third-order valence-corrected chi connectivity index (χ3v) is 4.37. The Kier molecular flexibility index (Phi) is 4.19. The molecule has 0 saturated heterocycles. The molecule has 0 bridgehead atoms. The third kappa shape index (κ3) is 3.25. The van der Waals surface area contributed by atoms with Gasteiger partial charge in [-0.1, -0.05) is 29.8 Å². The zero-order valence-electron chi connectivity index (χ0n) is 13.4. The highest BCUT2D eigenvalue weighted by atomic mass is 35.5. The van der Waals surface area contributed by atoms with Crippen LogP contribution in [-0.2, 0) is 17.9 Å². The number of nitrogens with one attached hydrogen (secondary N) is 1. The first-order chi connectivity index (χ1) is 12.2. The Bertz CT molecular complexity index is 938. The number of hydrogen-bond acceptors (Lipinski definition) is 4. The van der Waals surface area contributed by atoms with Crippen LogP contribution in [0.4, 0.5) is 0 Å². The molecule has 2 aromatic carbocycles. The van der Waals surface area contributed by atoms with Crippen LogP contribution in [0.25, 0.3) is 10.9 Å². The fraction of sp³-hybridized carbons (Fsp3) is 0.222. The molecule has 0 unspecified atom stereocenters. The average molecular weight is 358 g/mol. The first-order valence-corrected chi connectivity index (χ1v) is 8.35. The largest absolute Gasteiger partial charge is 0.454 e. The molecule has 7 heteroatoms. The number of aromatic nitrogens is 2. The zero-order chi connectivity index (χ0) is 17.2. The van der Waals surface area contributed by atoms with Crippen molar-refractivity contribution in [1.82, 2.24) is 15.1 Å². The predicted molar refractivity (Wildman–Crippen MR) is 93.8 cm³/mol. The molecule has 6 nitrogen and oxygen atoms in total. The number of halogens is 1. The van der Waals surface area contributed by atoms with Crippen molar-refractivity contribution in [3.05, 3.63) is 53.2 Å². The van der Waals surface area contributed by atoms with E-state index in [0.717, 1.165) is 22.2 Å². The number of carbonyl (C=O) groups excluding carboxylic acids is 1. The minimum atomic E-state index is -0.0478. The van der Waals surface area contributed by atoms with E-state index in [1.165, 1.54) is 0 Å². The number of fused-ring (bicyclic) bond motifs is 2. The first-order valence-electron chi connectivity index (χ1n) is 7.97. The summed E-state index contributed by atoms with van der Waals surface area (Å²) in [6.07, 6.45) is 0.326. The molecule has 0 fully saturated rings. The summed E-state index contributed by atoms with van der Waals surface area (Å²) < 4.78 is 12.4. The first kappa shape index (κ1) is 15.8. The van der Waals surface area contributed by atoms with Gasteiger partial charge in [-0.15, -0.1) is 0 Å². The highest BCUT2D eigenvalue weighted by molar-refractivity contribution is 6.34. The fourth-order valence-electron chi connectivity index (χ4n) is 2.80. The molecule has 25 heavy (non-hydrogen) atoms. The van der Waals surface area contributed by atoms with E-state index in [0.29, 0.717) is 30.4 Å². The second-order valence-corrected chi connectivity index (χ2v) is 6.10. The lowest BCUT2D eigenvalue weighted by Crippen LogP contribution is -2.24. The van der Waals surface area contributed by atoms with Gasteiger partial charge in [0.1, 0.15) is 0 Å². The van der Waals surface area contributed by atoms with Crippen molar-refractivity contribution in [1.29, 1.82) is 0 Å². The van der Waals surface area contributed by atoms with Crippen molar-refractivity contribution in [3.8, 4) is 11.5 Å². The average Bonchev–Trinajstić information content (AvgIpc) is 3.22. The molecule has 0 radical (unpaired) electrons. The van der Waals surface area contributed by atoms with E-state index in [-0.39, 0.29) is 12.7 Å². The number of ether oxygens (including phenoxy) is 2. The Morgan fingerprint density at radius 2 is 2.04 bits per heavy atom. The number of para-hydroxylation sites is 1. The molecule has 1 amide bonds. The van der Waals surface area contributed by atoms with Crippen LogP contribution in [0.1, 0.15) is 12.0 Å². The third-order valence-electron chi connectivity index (χ3n) is 4.09. The van der Waals surface area contributed by atoms with Crippen molar-refractivity contribution in [2.75, 3.05) is 6.79 Å². The van der Waals surface area contributed by atoms with E-state index in [4.69, 9.17) is 21.1 Å². The van der Waals surface area contributed by atoms with Gasteiger partial charge in [-0.2, -0.15) is 5.10 Å². The normalized spacial score (nSPS) is 12.5. The highest BCUT2D eigenvalue weighted by Gasteiger charge is 2.14. The second kappa shape index (κ2) is 6.64. The van der Waals surface area contributed by atoms with Gasteiger partial charge in [0.25, 0.3) is 0 Å². The Labute approximate surface area is 149 Å². The SMILES string of the molecule is O=C(CCn1nc(Cl)c2ccccc21)NCc1ccc2c(c1)OCO2. The van der Waals surface area contributed by atoms with E-state index in [2.05, 4.69) is 10.4 Å². The summed E-state index contributed by atoms with van der Waals surface area (Å²) in [6.45, 7) is 1.15. The van der Waals surface area contributed by atoms with Crippen LogP contribution < -0.4 is 14.8 Å². The number of carbonyl (C=O) groups is 1. The summed E-state index contributed by atoms with van der Waals surface area (Å²) in [7, 11) is 0. The molecule has 1 aliphatic heterocycles. The van der Waals surface area contributed by atoms with Gasteiger partial charge in [-0.05, 0) is 29.8 Å². The quantitative estimate of drug-likeness (QED) is 0.762. The number of aryl methyl sites for hydroxylation is 1. The molecule has 1 N–H and O–H groups in total. The van der Waals surface area contributed by atoms with E-state index in [9.17, 15) is 4.79 Å². The summed E-state index contributed by atoms with van der Waals surface area (Å²) in [5.41, 5.74) is 1.89. The van der Waals surface area contributed by atoms with Gasteiger partial charge in [0, 0.05) is 18.4 Å². The Morgan fingerprint density at radius 1 is 1.20 bits per heavy atom. The topological polar surface area (TPSA) is 65.4 Å². The van der Waals surface area contributed by atoms with Gasteiger partial charge < -0.3 is 14.8 Å². The van der Waals surface area contributed by atoms with Gasteiger partial charge in [0.2, 0.25) is 12.7 Å². The van der Waals surface area contributed by atoms with Crippen molar-refractivity contribution in [3.63, 3.8) is 0 Å². The Morgan fingerprint density at radius 3 is 2.96 bits per heavy atom. The van der Waals surface area contributed by atoms with Crippen molar-refractivity contribution >= 4 is 28.4 Å². The smallest absolute Gasteiger partial charge is 0.231 e. The zero-order valence-corrected chi connectivity index (χ0v) is 14.1. The number of rotatable bonds is 5. The Balaban J connectivity index is 1.34. The monoisotopic (exact) mass is 357 g/mol. The van der Waals surface area contributed by atoms with E-state index >= 15 is 0 Å². The number of hydrogen-bond donors (Lipinski definition) is 1. The van der Waals surface area contributed by atoms with Crippen LogP contribution in [-0.4, -0.2) is 22.5 Å². The summed E-state index contributed by atoms with van der Waals surface area (Å²) in [4.78, 5) is 12.1. The molecule has 128 valence electrons. The van der Waals surface area contributed by atoms with Gasteiger partial charge in [-0.3, -0.25) is 9.48 Å². The van der Waals surface area contributed by atoms with Crippen LogP contribution >= 0.6 is 11.6 Å². The van der Waals surface area contributed by atoms with Crippen LogP contribution in [0, 0.1) is 0 Å². The Hall–Kier alpha value is -2.73. The molecule has 0 spiro atoms. The molecule has 1 aliphatic rings. The second-order valence-electron chi connectivity index (χ2n) is 5.75. The minimum Gasteiger partial charge on any atom is -0.454 e. The number of benzene rings is 2. The lowest BCUT2D eigenvalue weighted by Gasteiger charge is -2.07. The van der Waals surface area contributed by atoms with Crippen LogP contribution in [0.5, 0.6) is 11.5 Å². The van der Waals surface area contributed by atoms with Gasteiger partial charge >= 0.3 is 0 Å². The van der Waals surface area contributed by atoms with Gasteiger partial charge in [0.05, 0.1) is 12.1 Å². The molecule has 0 saturated carbocycles. The van der Waals surface area contributed by atoms with Gasteiger partial charge in [0.15, 0.2) is 16.7 Å². The molecule has 4 rings (SSSR count). The van der Waals surface area contributed by atoms with Crippen LogP contribution in [0.15, 0.2) is 42.5 Å². The standard InChI is InChI=1S/C18H16ClN3O3/c19-18-13-3-1-2-4-14(13)22(21-18)8-7-17(23)20-10-12-5-6-15-16(9-12)25-11-24-15/h1-6,9H,7-8,10-11H2,(H,20,23). The minimum absolute atomic E-state index is 0.0478. The fourth-order valence-corrected chi connectivity index (χ4v) is 3.06. The highest BCUT2D eigenvalue weighted by Crippen LogP contribution is 2.32. The molecule has 1 aromatic heterocycles. The summed E-state index contributed by atoms with van der Waals surface area (Å²) in [6, 6.07) is 13.3. The molecule has 2 heterocycles. The lowest BCUT2D eigenvalue weighted by atomic mass is 10.2. The molecular formula is C18H16ClN3O3. The number of amides is 1. The summed E-state index contributed by atoms with van der Waals surface area (Å²) in [5.74, 6) is 1.40. The molecule has 3 aromatic rings. The number of nitrogens with zero attached hydrogens (tertiary/aromatic N) is 2. The summed E-state index contributed by atoms with van der Waals surface area (Å²) in [5, 5.41) is 8.55. The van der Waals surface area contributed by atoms with Crippen molar-refractivity contribution in [2.45, 2.75) is 19.5 Å². The maximum Gasteiger partial charge on any atom is 0.231 e. The van der Waals surface area contributed by atoms with Crippen LogP contribution in [0.3, 0.4) is 0 Å². The van der Waals surface area contributed by atoms with Crippen molar-refractivity contribution in [2.24, 2.45) is 0 Å². The van der Waals surface area contributed by atoms with E-state index < -0.39 is 0 Å². The van der Waals surface area contributed by atoms with E-state index in [1.54, 1.807) is 4.68 Å². The maximum atomic E-state index is 12.1. The molecule has 0 aliphatic carbocycles. The summed E-state index contributed by atoms with van der Waals surface area (Å²) >= 11 is 6.13. The van der Waals surface area contributed by atoms with Crippen molar-refractivity contribution < 1.29 is 14.3 Å². The predicted octanol–water partition coefficient (Wildman–Crippen LogP) is 3.12. The molecule has 0 atom stereocenters. The van der Waals surface area contributed by atoms with Crippen LogP contribution in [0.2, 0.25) is 5.15 Å². The maximum absolute atomic E-state index is 12.1. The van der Waals surface area contributed by atoms with Gasteiger partial charge in [-0.25, -0.2) is 0 Å². The molecular weight excluding hydrogens is 342 g/mol. The lowest BCUT2D eigenvalue weighted by molar-refractivity contribution is -0.121.